The molecule has 2 atom stereocenters. The first kappa shape index (κ1) is 19.7. The lowest BCUT2D eigenvalue weighted by molar-refractivity contribution is -0.116. The molecule has 1 aromatic carbocycles. The van der Waals surface area contributed by atoms with Crippen molar-refractivity contribution in [3.63, 3.8) is 0 Å². The third-order valence-corrected chi connectivity index (χ3v) is 5.54. The van der Waals surface area contributed by atoms with Crippen molar-refractivity contribution in [3.8, 4) is 0 Å². The van der Waals surface area contributed by atoms with Gasteiger partial charge in [-0.1, -0.05) is 19.1 Å². The maximum absolute atomic E-state index is 12.6. The first-order chi connectivity index (χ1) is 14.2. The van der Waals surface area contributed by atoms with Crippen LogP contribution in [-0.2, 0) is 22.5 Å². The number of benzene rings is 1. The third-order valence-electron chi connectivity index (χ3n) is 5.54. The molecule has 6 heteroatoms. The molecule has 154 valence electrons. The van der Waals surface area contributed by atoms with E-state index in [1.807, 2.05) is 37.3 Å². The molecule has 0 saturated heterocycles. The summed E-state index contributed by atoms with van der Waals surface area (Å²) in [5.41, 5.74) is 1.90. The largest absolute Gasteiger partial charge is 0.466 e. The van der Waals surface area contributed by atoms with E-state index in [1.165, 1.54) is 6.42 Å². The molecule has 4 rings (SSSR count). The predicted octanol–water partition coefficient (Wildman–Crippen LogP) is 4.75. The number of carbonyl (C=O) groups excluding carboxylic acids is 1. The second kappa shape index (κ2) is 8.82. The fourth-order valence-electron chi connectivity index (χ4n) is 3.74. The number of carbonyl (C=O) groups is 1. The molecule has 0 aliphatic heterocycles. The number of amides is 1. The van der Waals surface area contributed by atoms with Gasteiger partial charge in [0, 0.05) is 38.5 Å². The molecule has 3 aromatic rings. The minimum absolute atomic E-state index is 0.0518. The molecule has 0 spiro atoms. The number of imidazole rings is 1. The van der Waals surface area contributed by atoms with Crippen molar-refractivity contribution >= 4 is 22.9 Å². The van der Waals surface area contributed by atoms with Crippen LogP contribution >= 0.6 is 0 Å². The van der Waals surface area contributed by atoms with Crippen LogP contribution in [0.3, 0.4) is 0 Å². The van der Waals surface area contributed by atoms with E-state index in [0.717, 1.165) is 35.5 Å². The highest BCUT2D eigenvalue weighted by molar-refractivity contribution is 5.91. The maximum atomic E-state index is 12.6. The summed E-state index contributed by atoms with van der Waals surface area (Å²) in [5.74, 6) is 3.76. The van der Waals surface area contributed by atoms with Crippen LogP contribution in [0.2, 0.25) is 0 Å². The van der Waals surface area contributed by atoms with E-state index in [-0.39, 0.29) is 5.91 Å². The minimum Gasteiger partial charge on any atom is -0.466 e. The molecule has 2 unspecified atom stereocenters. The second-order valence-corrected chi connectivity index (χ2v) is 7.80. The van der Waals surface area contributed by atoms with Crippen molar-refractivity contribution in [2.45, 2.75) is 52.0 Å². The standard InChI is InChI=1S/C23H29N3O3/c1-3-28-14-6-13-26-20-8-5-4-7-19(20)24-23(26)25-22(27)12-10-17-9-11-21(29-17)18-15-16(18)2/h4-5,7-9,11,16,18H,3,6,10,12-15H2,1-2H3,(H,24,25,27). The molecule has 0 bridgehead atoms. The number of aromatic nitrogens is 2. The van der Waals surface area contributed by atoms with Gasteiger partial charge in [0.2, 0.25) is 11.9 Å². The lowest BCUT2D eigenvalue weighted by Crippen LogP contribution is -2.16. The van der Waals surface area contributed by atoms with E-state index in [0.29, 0.717) is 43.8 Å². The molecule has 1 amide bonds. The number of fused-ring (bicyclic) bond motifs is 1. The maximum Gasteiger partial charge on any atom is 0.227 e. The van der Waals surface area contributed by atoms with Crippen LogP contribution in [0.25, 0.3) is 11.0 Å². The average molecular weight is 396 g/mol. The normalized spacial score (nSPS) is 18.3. The van der Waals surface area contributed by atoms with Crippen molar-refractivity contribution in [3.05, 3.63) is 47.9 Å². The summed E-state index contributed by atoms with van der Waals surface area (Å²) in [4.78, 5) is 17.2. The van der Waals surface area contributed by atoms with Crippen molar-refractivity contribution < 1.29 is 13.9 Å². The van der Waals surface area contributed by atoms with Gasteiger partial charge in [-0.05, 0) is 49.9 Å². The highest BCUT2D eigenvalue weighted by Gasteiger charge is 2.36. The van der Waals surface area contributed by atoms with Crippen LogP contribution in [0.4, 0.5) is 5.95 Å². The van der Waals surface area contributed by atoms with Gasteiger partial charge in [-0.25, -0.2) is 4.98 Å². The van der Waals surface area contributed by atoms with Gasteiger partial charge in [-0.3, -0.25) is 10.1 Å². The third kappa shape index (κ3) is 4.70. The highest BCUT2D eigenvalue weighted by Crippen LogP contribution is 2.47. The number of furan rings is 1. The average Bonchev–Trinajstić information content (AvgIpc) is 3.13. The Morgan fingerprint density at radius 1 is 1.31 bits per heavy atom. The summed E-state index contributed by atoms with van der Waals surface area (Å²) in [5, 5.41) is 2.99. The van der Waals surface area contributed by atoms with Crippen molar-refractivity contribution in [1.82, 2.24) is 9.55 Å². The number of anilines is 1. The summed E-state index contributed by atoms with van der Waals surface area (Å²) in [7, 11) is 0. The van der Waals surface area contributed by atoms with Crippen LogP contribution in [-0.4, -0.2) is 28.7 Å². The molecule has 1 aliphatic rings. The Kier molecular flexibility index (Phi) is 6.00. The number of hydrogen-bond acceptors (Lipinski definition) is 4. The molecule has 1 fully saturated rings. The summed E-state index contributed by atoms with van der Waals surface area (Å²) < 4.78 is 13.4. The van der Waals surface area contributed by atoms with Gasteiger partial charge in [-0.2, -0.15) is 0 Å². The van der Waals surface area contributed by atoms with Gasteiger partial charge in [0.05, 0.1) is 11.0 Å². The van der Waals surface area contributed by atoms with Crippen molar-refractivity contribution in [1.29, 1.82) is 0 Å². The van der Waals surface area contributed by atoms with Gasteiger partial charge in [0.15, 0.2) is 0 Å². The molecule has 1 saturated carbocycles. The fourth-order valence-corrected chi connectivity index (χ4v) is 3.74. The molecule has 29 heavy (non-hydrogen) atoms. The lowest BCUT2D eigenvalue weighted by Gasteiger charge is -2.10. The second-order valence-electron chi connectivity index (χ2n) is 7.80. The van der Waals surface area contributed by atoms with Crippen LogP contribution in [0.5, 0.6) is 0 Å². The van der Waals surface area contributed by atoms with Crippen LogP contribution < -0.4 is 5.32 Å². The number of nitrogens with one attached hydrogen (secondary N) is 1. The Labute approximate surface area is 171 Å². The Morgan fingerprint density at radius 3 is 2.93 bits per heavy atom. The molecule has 6 nitrogen and oxygen atoms in total. The van der Waals surface area contributed by atoms with E-state index < -0.39 is 0 Å². The van der Waals surface area contributed by atoms with E-state index in [9.17, 15) is 4.79 Å². The summed E-state index contributed by atoms with van der Waals surface area (Å²) >= 11 is 0. The molecule has 2 heterocycles. The zero-order valence-corrected chi connectivity index (χ0v) is 17.2. The Balaban J connectivity index is 1.38. The predicted molar refractivity (Wildman–Crippen MR) is 113 cm³/mol. The van der Waals surface area contributed by atoms with E-state index >= 15 is 0 Å². The lowest BCUT2D eigenvalue weighted by atomic mass is 10.2. The Morgan fingerprint density at radius 2 is 2.14 bits per heavy atom. The number of rotatable bonds is 10. The molecule has 0 radical (unpaired) electrons. The van der Waals surface area contributed by atoms with Gasteiger partial charge in [0.1, 0.15) is 11.5 Å². The first-order valence-corrected chi connectivity index (χ1v) is 10.6. The Hall–Kier alpha value is -2.60. The van der Waals surface area contributed by atoms with Crippen molar-refractivity contribution in [2.24, 2.45) is 5.92 Å². The SMILES string of the molecule is CCOCCCn1c(NC(=O)CCc2ccc(C3CC3C)o2)nc2ccccc21. The topological polar surface area (TPSA) is 69.3 Å². The van der Waals surface area contributed by atoms with Gasteiger partial charge in [0.25, 0.3) is 0 Å². The summed E-state index contributed by atoms with van der Waals surface area (Å²) in [6.07, 6.45) is 3.03. The number of ether oxygens (including phenoxy) is 1. The van der Waals surface area contributed by atoms with E-state index in [2.05, 4.69) is 27.9 Å². The minimum atomic E-state index is -0.0518. The molecule has 1 N–H and O–H groups in total. The highest BCUT2D eigenvalue weighted by atomic mass is 16.5. The number of hydrogen-bond donors (Lipinski definition) is 1. The number of nitrogens with zero attached hydrogens (tertiary/aromatic N) is 2. The zero-order valence-electron chi connectivity index (χ0n) is 17.2. The summed E-state index contributed by atoms with van der Waals surface area (Å²) in [6, 6.07) is 12.0. The van der Waals surface area contributed by atoms with Crippen molar-refractivity contribution in [2.75, 3.05) is 18.5 Å². The number of para-hydroxylation sites is 2. The zero-order chi connectivity index (χ0) is 20.2. The van der Waals surface area contributed by atoms with Gasteiger partial charge < -0.3 is 13.7 Å². The Bertz CT molecular complexity index is 975. The van der Waals surface area contributed by atoms with Crippen LogP contribution in [0.15, 0.2) is 40.8 Å². The smallest absolute Gasteiger partial charge is 0.227 e. The van der Waals surface area contributed by atoms with Crippen LogP contribution in [0.1, 0.15) is 50.5 Å². The molecular formula is C23H29N3O3. The van der Waals surface area contributed by atoms with Gasteiger partial charge in [-0.15, -0.1) is 0 Å². The fraction of sp³-hybridized carbons (Fsp3) is 0.478. The van der Waals surface area contributed by atoms with E-state index in [4.69, 9.17) is 9.15 Å². The molecular weight excluding hydrogens is 366 g/mol. The van der Waals surface area contributed by atoms with E-state index in [1.54, 1.807) is 0 Å². The summed E-state index contributed by atoms with van der Waals surface area (Å²) in [6.45, 7) is 6.38. The monoisotopic (exact) mass is 395 g/mol. The first-order valence-electron chi connectivity index (χ1n) is 10.6. The number of aryl methyl sites for hydroxylation is 2. The quantitative estimate of drug-likeness (QED) is 0.503. The van der Waals surface area contributed by atoms with Gasteiger partial charge >= 0.3 is 0 Å². The molecule has 1 aliphatic carbocycles. The molecule has 2 aromatic heterocycles. The van der Waals surface area contributed by atoms with Crippen LogP contribution in [0, 0.1) is 5.92 Å².